The van der Waals surface area contributed by atoms with E-state index in [1.54, 1.807) is 19.1 Å². The van der Waals surface area contributed by atoms with E-state index in [4.69, 9.17) is 4.74 Å². The summed E-state index contributed by atoms with van der Waals surface area (Å²) in [5.41, 5.74) is 1.42. The second-order valence-electron chi connectivity index (χ2n) is 4.37. The summed E-state index contributed by atoms with van der Waals surface area (Å²) in [6.45, 7) is 2.03. The minimum atomic E-state index is -0.691. The van der Waals surface area contributed by atoms with Gasteiger partial charge in [0.15, 0.2) is 6.04 Å². The van der Waals surface area contributed by atoms with E-state index < -0.39 is 12.0 Å². The maximum absolute atomic E-state index is 13.4. The Bertz CT molecular complexity index is 619. The van der Waals surface area contributed by atoms with Gasteiger partial charge in [0.25, 0.3) is 0 Å². The molecular weight excluding hydrogens is 337 g/mol. The second-order valence-corrected chi connectivity index (χ2v) is 5.22. The molecule has 0 saturated carbocycles. The number of anilines is 1. The Labute approximate surface area is 131 Å². The van der Waals surface area contributed by atoms with Crippen molar-refractivity contribution in [2.24, 2.45) is 0 Å². The normalized spacial score (nSPS) is 11.8. The number of carbonyl (C=O) groups is 1. The molecule has 0 fully saturated rings. The van der Waals surface area contributed by atoms with Gasteiger partial charge in [-0.15, -0.1) is 0 Å². The SMILES string of the molecule is CCOC(=O)C(Nc1ccccc1)c1ccc(F)c(Br)c1. The zero-order valence-electron chi connectivity index (χ0n) is 11.5. The first kappa shape index (κ1) is 15.5. The fourth-order valence-corrected chi connectivity index (χ4v) is 2.29. The van der Waals surface area contributed by atoms with Gasteiger partial charge < -0.3 is 10.1 Å². The maximum atomic E-state index is 13.4. The minimum absolute atomic E-state index is 0.286. The van der Waals surface area contributed by atoms with Gasteiger partial charge in [0.2, 0.25) is 0 Å². The second kappa shape index (κ2) is 7.22. The molecule has 5 heteroatoms. The number of ether oxygens (including phenoxy) is 1. The number of carbonyl (C=O) groups excluding carboxylic acids is 1. The first-order valence-corrected chi connectivity index (χ1v) is 7.34. The van der Waals surface area contributed by atoms with Crippen LogP contribution in [0.15, 0.2) is 53.0 Å². The number of para-hydroxylation sites is 1. The Hall–Kier alpha value is -1.88. The zero-order valence-corrected chi connectivity index (χ0v) is 13.1. The quantitative estimate of drug-likeness (QED) is 0.816. The van der Waals surface area contributed by atoms with Crippen LogP contribution in [0.1, 0.15) is 18.5 Å². The highest BCUT2D eigenvalue weighted by atomic mass is 79.9. The van der Waals surface area contributed by atoms with Gasteiger partial charge in [-0.25, -0.2) is 9.18 Å². The molecule has 0 radical (unpaired) electrons. The molecule has 0 aliphatic heterocycles. The lowest BCUT2D eigenvalue weighted by atomic mass is 10.1. The lowest BCUT2D eigenvalue weighted by Crippen LogP contribution is -2.23. The highest BCUT2D eigenvalue weighted by molar-refractivity contribution is 9.10. The fraction of sp³-hybridized carbons (Fsp3) is 0.188. The predicted molar refractivity (Wildman–Crippen MR) is 83.5 cm³/mol. The van der Waals surface area contributed by atoms with Crippen LogP contribution in [0, 0.1) is 5.82 Å². The molecule has 0 aliphatic rings. The van der Waals surface area contributed by atoms with Gasteiger partial charge >= 0.3 is 5.97 Å². The molecule has 0 saturated heterocycles. The Morgan fingerprint density at radius 2 is 2.00 bits per heavy atom. The number of rotatable bonds is 5. The highest BCUT2D eigenvalue weighted by Gasteiger charge is 2.22. The lowest BCUT2D eigenvalue weighted by molar-refractivity contribution is -0.144. The van der Waals surface area contributed by atoms with Gasteiger partial charge in [-0.2, -0.15) is 0 Å². The van der Waals surface area contributed by atoms with Crippen LogP contribution in [-0.2, 0) is 9.53 Å². The van der Waals surface area contributed by atoms with Crippen molar-refractivity contribution in [2.75, 3.05) is 11.9 Å². The van der Waals surface area contributed by atoms with Crippen LogP contribution in [0.25, 0.3) is 0 Å². The van der Waals surface area contributed by atoms with Crippen LogP contribution >= 0.6 is 15.9 Å². The summed E-state index contributed by atoms with van der Waals surface area (Å²) < 4.78 is 18.8. The van der Waals surface area contributed by atoms with Gasteiger partial charge in [0.1, 0.15) is 5.82 Å². The van der Waals surface area contributed by atoms with Crippen molar-refractivity contribution < 1.29 is 13.9 Å². The Kier molecular flexibility index (Phi) is 5.33. The van der Waals surface area contributed by atoms with E-state index in [0.29, 0.717) is 10.0 Å². The van der Waals surface area contributed by atoms with Crippen molar-refractivity contribution in [3.8, 4) is 0 Å². The third kappa shape index (κ3) is 4.04. The van der Waals surface area contributed by atoms with Gasteiger partial charge in [-0.05, 0) is 52.7 Å². The molecule has 1 atom stereocenters. The van der Waals surface area contributed by atoms with Crippen molar-refractivity contribution in [3.63, 3.8) is 0 Å². The maximum Gasteiger partial charge on any atom is 0.333 e. The first-order chi connectivity index (χ1) is 10.1. The van der Waals surface area contributed by atoms with Crippen molar-refractivity contribution in [2.45, 2.75) is 13.0 Å². The number of hydrogen-bond donors (Lipinski definition) is 1. The molecule has 2 aromatic carbocycles. The van der Waals surface area contributed by atoms with E-state index in [1.807, 2.05) is 30.3 Å². The minimum Gasteiger partial charge on any atom is -0.464 e. The summed E-state index contributed by atoms with van der Waals surface area (Å²) in [4.78, 5) is 12.2. The molecule has 0 amide bonds. The largest absolute Gasteiger partial charge is 0.464 e. The third-order valence-corrected chi connectivity index (χ3v) is 3.49. The smallest absolute Gasteiger partial charge is 0.333 e. The predicted octanol–water partition coefficient (Wildman–Crippen LogP) is 4.30. The van der Waals surface area contributed by atoms with Gasteiger partial charge in [-0.1, -0.05) is 24.3 Å². The number of esters is 1. The molecule has 0 aromatic heterocycles. The van der Waals surface area contributed by atoms with Gasteiger partial charge in [0, 0.05) is 5.69 Å². The Morgan fingerprint density at radius 3 is 2.62 bits per heavy atom. The standard InChI is InChI=1S/C16H15BrFNO2/c1-2-21-16(20)15(19-12-6-4-3-5-7-12)11-8-9-14(18)13(17)10-11/h3-10,15,19H,2H2,1H3. The number of hydrogen-bond acceptors (Lipinski definition) is 3. The van der Waals surface area contributed by atoms with E-state index in [-0.39, 0.29) is 12.4 Å². The molecule has 2 aromatic rings. The van der Waals surface area contributed by atoms with E-state index in [2.05, 4.69) is 21.2 Å². The molecule has 0 aliphatic carbocycles. The van der Waals surface area contributed by atoms with Gasteiger partial charge in [-0.3, -0.25) is 0 Å². The zero-order chi connectivity index (χ0) is 15.2. The van der Waals surface area contributed by atoms with Gasteiger partial charge in [0.05, 0.1) is 11.1 Å². The molecule has 1 unspecified atom stereocenters. The number of benzene rings is 2. The summed E-state index contributed by atoms with van der Waals surface area (Å²) in [6, 6.07) is 13.1. The summed E-state index contributed by atoms with van der Waals surface area (Å²) in [5, 5.41) is 3.11. The summed E-state index contributed by atoms with van der Waals surface area (Å²) in [6.07, 6.45) is 0. The van der Waals surface area contributed by atoms with Crippen molar-refractivity contribution in [1.82, 2.24) is 0 Å². The van der Waals surface area contributed by atoms with E-state index in [9.17, 15) is 9.18 Å². The van der Waals surface area contributed by atoms with Crippen molar-refractivity contribution >= 4 is 27.6 Å². The third-order valence-electron chi connectivity index (χ3n) is 2.88. The Balaban J connectivity index is 2.31. The number of halogens is 2. The topological polar surface area (TPSA) is 38.3 Å². The molecule has 3 nitrogen and oxygen atoms in total. The summed E-state index contributed by atoms with van der Waals surface area (Å²) in [7, 11) is 0. The molecule has 1 N–H and O–H groups in total. The lowest BCUT2D eigenvalue weighted by Gasteiger charge is -2.19. The van der Waals surface area contributed by atoms with E-state index >= 15 is 0 Å². The van der Waals surface area contributed by atoms with Crippen molar-refractivity contribution in [1.29, 1.82) is 0 Å². The van der Waals surface area contributed by atoms with Crippen LogP contribution in [0.2, 0.25) is 0 Å². The summed E-state index contributed by atoms with van der Waals surface area (Å²) in [5.74, 6) is -0.777. The van der Waals surface area contributed by atoms with Crippen LogP contribution in [0.4, 0.5) is 10.1 Å². The van der Waals surface area contributed by atoms with E-state index in [0.717, 1.165) is 5.69 Å². The molecule has 2 rings (SSSR count). The average molecular weight is 352 g/mol. The first-order valence-electron chi connectivity index (χ1n) is 6.55. The Morgan fingerprint density at radius 1 is 1.29 bits per heavy atom. The molecule has 0 bridgehead atoms. The monoisotopic (exact) mass is 351 g/mol. The highest BCUT2D eigenvalue weighted by Crippen LogP contribution is 2.25. The van der Waals surface area contributed by atoms with Crippen LogP contribution in [0.3, 0.4) is 0 Å². The van der Waals surface area contributed by atoms with Crippen LogP contribution < -0.4 is 5.32 Å². The molecule has 0 heterocycles. The molecule has 21 heavy (non-hydrogen) atoms. The number of nitrogens with one attached hydrogen (secondary N) is 1. The molecule has 110 valence electrons. The van der Waals surface area contributed by atoms with E-state index in [1.165, 1.54) is 6.07 Å². The summed E-state index contributed by atoms with van der Waals surface area (Å²) >= 11 is 3.13. The fourth-order valence-electron chi connectivity index (χ4n) is 1.90. The van der Waals surface area contributed by atoms with Crippen molar-refractivity contribution in [3.05, 3.63) is 64.4 Å². The average Bonchev–Trinajstić information content (AvgIpc) is 2.49. The van der Waals surface area contributed by atoms with Crippen LogP contribution in [0.5, 0.6) is 0 Å². The molecular formula is C16H15BrFNO2. The van der Waals surface area contributed by atoms with Crippen LogP contribution in [-0.4, -0.2) is 12.6 Å². The molecule has 0 spiro atoms.